The molecule has 0 aliphatic carbocycles. The van der Waals surface area contributed by atoms with Crippen molar-refractivity contribution in [2.45, 2.75) is 25.7 Å². The van der Waals surface area contributed by atoms with Crippen LogP contribution in [0.3, 0.4) is 0 Å². The first kappa shape index (κ1) is 18.6. The molecule has 1 heterocycles. The second-order valence-electron chi connectivity index (χ2n) is 5.46. The Hall–Kier alpha value is -2.70. The van der Waals surface area contributed by atoms with Crippen LogP contribution in [-0.2, 0) is 14.8 Å². The van der Waals surface area contributed by atoms with Crippen LogP contribution in [0.1, 0.15) is 23.9 Å². The maximum absolute atomic E-state index is 12.4. The second kappa shape index (κ2) is 7.46. The number of para-hydroxylation sites is 1. The van der Waals surface area contributed by atoms with Crippen molar-refractivity contribution in [2.24, 2.45) is 0 Å². The van der Waals surface area contributed by atoms with E-state index in [0.717, 1.165) is 0 Å². The molecule has 1 aromatic heterocycles. The van der Waals surface area contributed by atoms with Gasteiger partial charge >= 0.3 is 0 Å². The van der Waals surface area contributed by atoms with Crippen molar-refractivity contribution in [3.05, 3.63) is 41.2 Å². The number of carbonyl (C=O) groups is 1. The standard InChI is InChI=1S/C16H19N5O3S/c1-11-16(12(2)20-19-11)25(23,24)18-8-9-21(13(3)22)15-7-5-4-6-14(15)10-17/h4-7,18H,8-9H2,1-3H3,(H,19,20). The van der Waals surface area contributed by atoms with Crippen LogP contribution in [0.4, 0.5) is 5.69 Å². The van der Waals surface area contributed by atoms with Crippen LogP contribution < -0.4 is 9.62 Å². The number of aromatic nitrogens is 2. The Morgan fingerprint density at radius 3 is 2.60 bits per heavy atom. The predicted octanol–water partition coefficient (Wildman–Crippen LogP) is 1.23. The molecule has 8 nitrogen and oxygen atoms in total. The van der Waals surface area contributed by atoms with E-state index in [1.807, 2.05) is 6.07 Å². The number of nitrogens with zero attached hydrogens (tertiary/aromatic N) is 3. The molecule has 25 heavy (non-hydrogen) atoms. The summed E-state index contributed by atoms with van der Waals surface area (Å²) in [6, 6.07) is 8.71. The lowest BCUT2D eigenvalue weighted by molar-refractivity contribution is -0.116. The zero-order valence-electron chi connectivity index (χ0n) is 14.2. The van der Waals surface area contributed by atoms with Gasteiger partial charge in [0.05, 0.1) is 22.6 Å². The monoisotopic (exact) mass is 361 g/mol. The molecule has 2 rings (SSSR count). The number of hydrogen-bond acceptors (Lipinski definition) is 5. The summed E-state index contributed by atoms with van der Waals surface area (Å²) in [5.74, 6) is -0.280. The minimum Gasteiger partial charge on any atom is -0.310 e. The van der Waals surface area contributed by atoms with Gasteiger partial charge in [-0.2, -0.15) is 10.4 Å². The fraction of sp³-hybridized carbons (Fsp3) is 0.312. The third-order valence-corrected chi connectivity index (χ3v) is 5.38. The van der Waals surface area contributed by atoms with E-state index in [9.17, 15) is 18.5 Å². The van der Waals surface area contributed by atoms with Crippen LogP contribution in [0, 0.1) is 25.2 Å². The van der Waals surface area contributed by atoms with Gasteiger partial charge in [-0.05, 0) is 26.0 Å². The van der Waals surface area contributed by atoms with Gasteiger partial charge < -0.3 is 4.90 Å². The summed E-state index contributed by atoms with van der Waals surface area (Å²) in [4.78, 5) is 13.4. The summed E-state index contributed by atoms with van der Waals surface area (Å²) in [6.45, 7) is 4.70. The van der Waals surface area contributed by atoms with Crippen molar-refractivity contribution in [3.63, 3.8) is 0 Å². The van der Waals surface area contributed by atoms with Crippen molar-refractivity contribution in [3.8, 4) is 6.07 Å². The lowest BCUT2D eigenvalue weighted by atomic mass is 10.1. The Kier molecular flexibility index (Phi) is 5.56. The molecule has 1 aromatic carbocycles. The smallest absolute Gasteiger partial charge is 0.244 e. The summed E-state index contributed by atoms with van der Waals surface area (Å²) in [6.07, 6.45) is 0. The number of sulfonamides is 1. The normalized spacial score (nSPS) is 11.1. The molecule has 9 heteroatoms. The van der Waals surface area contributed by atoms with E-state index < -0.39 is 10.0 Å². The highest BCUT2D eigenvalue weighted by molar-refractivity contribution is 7.89. The van der Waals surface area contributed by atoms with Gasteiger partial charge in [0.15, 0.2) is 0 Å². The number of benzene rings is 1. The van der Waals surface area contributed by atoms with Crippen molar-refractivity contribution < 1.29 is 13.2 Å². The molecular formula is C16H19N5O3S. The highest BCUT2D eigenvalue weighted by Crippen LogP contribution is 2.20. The molecule has 2 aromatic rings. The van der Waals surface area contributed by atoms with Crippen LogP contribution in [-0.4, -0.2) is 37.6 Å². The molecule has 0 spiro atoms. The molecule has 2 N–H and O–H groups in total. The SMILES string of the molecule is CC(=O)N(CCNS(=O)(=O)c1c(C)n[nH]c1C)c1ccccc1C#N. The minimum atomic E-state index is -3.74. The summed E-state index contributed by atoms with van der Waals surface area (Å²) in [5.41, 5.74) is 1.63. The molecule has 0 fully saturated rings. The van der Waals surface area contributed by atoms with Gasteiger partial charge in [0, 0.05) is 20.0 Å². The van der Waals surface area contributed by atoms with Crippen molar-refractivity contribution in [1.82, 2.24) is 14.9 Å². The molecule has 0 unspecified atom stereocenters. The van der Waals surface area contributed by atoms with Crippen LogP contribution in [0.15, 0.2) is 29.2 Å². The van der Waals surface area contributed by atoms with Gasteiger partial charge in [0.1, 0.15) is 11.0 Å². The predicted molar refractivity (Wildman–Crippen MR) is 92.4 cm³/mol. The number of nitriles is 1. The summed E-state index contributed by atoms with van der Waals surface area (Å²) in [5, 5.41) is 15.7. The number of carbonyl (C=O) groups excluding carboxylic acids is 1. The van der Waals surface area contributed by atoms with Crippen molar-refractivity contribution in [2.75, 3.05) is 18.0 Å². The van der Waals surface area contributed by atoms with E-state index in [2.05, 4.69) is 14.9 Å². The van der Waals surface area contributed by atoms with Crippen molar-refractivity contribution in [1.29, 1.82) is 5.26 Å². The molecule has 0 radical (unpaired) electrons. The van der Waals surface area contributed by atoms with Gasteiger partial charge in [-0.15, -0.1) is 0 Å². The highest BCUT2D eigenvalue weighted by Gasteiger charge is 2.23. The highest BCUT2D eigenvalue weighted by atomic mass is 32.2. The number of rotatable bonds is 6. The average molecular weight is 361 g/mol. The fourth-order valence-electron chi connectivity index (χ4n) is 2.55. The molecule has 0 saturated carbocycles. The quantitative estimate of drug-likeness (QED) is 0.802. The first-order valence-corrected chi connectivity index (χ1v) is 9.04. The Labute approximate surface area is 146 Å². The topological polar surface area (TPSA) is 119 Å². The molecule has 0 aliphatic rings. The molecule has 0 saturated heterocycles. The lowest BCUT2D eigenvalue weighted by Gasteiger charge is -2.22. The van der Waals surface area contributed by atoms with E-state index in [4.69, 9.17) is 0 Å². The van der Waals surface area contributed by atoms with E-state index >= 15 is 0 Å². The van der Waals surface area contributed by atoms with Crippen LogP contribution in [0.5, 0.6) is 0 Å². The minimum absolute atomic E-state index is 0.00569. The Balaban J connectivity index is 2.16. The van der Waals surface area contributed by atoms with Crippen molar-refractivity contribution >= 4 is 21.6 Å². The van der Waals surface area contributed by atoms with Crippen LogP contribution >= 0.6 is 0 Å². The molecule has 0 bridgehead atoms. The maximum atomic E-state index is 12.4. The van der Waals surface area contributed by atoms with Crippen LogP contribution in [0.2, 0.25) is 0 Å². The first-order chi connectivity index (χ1) is 11.8. The number of amides is 1. The summed E-state index contributed by atoms with van der Waals surface area (Å²) >= 11 is 0. The molecule has 0 atom stereocenters. The zero-order chi connectivity index (χ0) is 18.6. The molecular weight excluding hydrogens is 342 g/mol. The zero-order valence-corrected chi connectivity index (χ0v) is 15.0. The Bertz CT molecular complexity index is 908. The van der Waals surface area contributed by atoms with E-state index in [1.165, 1.54) is 11.8 Å². The summed E-state index contributed by atoms with van der Waals surface area (Å²) < 4.78 is 27.3. The van der Waals surface area contributed by atoms with Crippen LogP contribution in [0.25, 0.3) is 0 Å². The van der Waals surface area contributed by atoms with Gasteiger partial charge in [0.25, 0.3) is 0 Å². The van der Waals surface area contributed by atoms with Gasteiger partial charge in [-0.3, -0.25) is 9.89 Å². The fourth-order valence-corrected chi connectivity index (χ4v) is 3.94. The number of anilines is 1. The third-order valence-electron chi connectivity index (χ3n) is 3.65. The molecule has 1 amide bonds. The van der Waals surface area contributed by atoms with E-state index in [0.29, 0.717) is 22.6 Å². The molecule has 132 valence electrons. The third kappa shape index (κ3) is 4.04. The largest absolute Gasteiger partial charge is 0.310 e. The summed E-state index contributed by atoms with van der Waals surface area (Å²) in [7, 11) is -3.74. The average Bonchev–Trinajstić information content (AvgIpc) is 2.90. The first-order valence-electron chi connectivity index (χ1n) is 7.56. The Morgan fingerprint density at radius 1 is 1.36 bits per heavy atom. The number of aromatic amines is 1. The number of nitrogens with one attached hydrogen (secondary N) is 2. The number of hydrogen-bond donors (Lipinski definition) is 2. The number of H-pyrrole nitrogens is 1. The van der Waals surface area contributed by atoms with E-state index in [-0.39, 0.29) is 23.9 Å². The van der Waals surface area contributed by atoms with Gasteiger partial charge in [-0.25, -0.2) is 13.1 Å². The van der Waals surface area contributed by atoms with Gasteiger partial charge in [0.2, 0.25) is 15.9 Å². The Morgan fingerprint density at radius 2 is 2.04 bits per heavy atom. The van der Waals surface area contributed by atoms with E-state index in [1.54, 1.807) is 38.1 Å². The molecule has 0 aliphatic heterocycles. The lowest BCUT2D eigenvalue weighted by Crippen LogP contribution is -2.38. The maximum Gasteiger partial charge on any atom is 0.244 e. The number of aryl methyl sites for hydroxylation is 2. The second-order valence-corrected chi connectivity index (χ2v) is 7.16. The van der Waals surface area contributed by atoms with Gasteiger partial charge in [-0.1, -0.05) is 12.1 Å².